The maximum atomic E-state index is 12.9. The van der Waals surface area contributed by atoms with Crippen molar-refractivity contribution in [3.05, 3.63) is 54.1 Å². The first kappa shape index (κ1) is 13.2. The summed E-state index contributed by atoms with van der Waals surface area (Å²) in [6.45, 7) is 1.19. The molecule has 2 rings (SSSR count). The summed E-state index contributed by atoms with van der Waals surface area (Å²) in [5.74, 6) is -2.40. The Morgan fingerprint density at radius 3 is 2.84 bits per heavy atom. The van der Waals surface area contributed by atoms with Crippen LogP contribution in [0, 0.1) is 11.6 Å². The summed E-state index contributed by atoms with van der Waals surface area (Å²) in [4.78, 5) is 15.6. The highest BCUT2D eigenvalue weighted by atomic mass is 19.2. The van der Waals surface area contributed by atoms with E-state index in [9.17, 15) is 13.6 Å². The smallest absolute Gasteiger partial charge is 0.251 e. The normalized spacial score (nSPS) is 10.4. The van der Waals surface area contributed by atoms with Crippen LogP contribution in [0.5, 0.6) is 0 Å². The van der Waals surface area contributed by atoms with Crippen molar-refractivity contribution in [3.63, 3.8) is 0 Å². The van der Waals surface area contributed by atoms with Crippen LogP contribution in [0.3, 0.4) is 0 Å². The molecule has 1 N–H and O–H groups in total. The largest absolute Gasteiger partial charge is 0.352 e. The molecule has 0 fully saturated rings. The van der Waals surface area contributed by atoms with Crippen molar-refractivity contribution < 1.29 is 13.6 Å². The first-order valence-electron chi connectivity index (χ1n) is 5.86. The van der Waals surface area contributed by atoms with Crippen molar-refractivity contribution in [1.82, 2.24) is 14.9 Å². The van der Waals surface area contributed by atoms with Gasteiger partial charge in [0.25, 0.3) is 5.91 Å². The number of carbonyl (C=O) groups excluding carboxylic acids is 1. The number of imidazole rings is 1. The van der Waals surface area contributed by atoms with E-state index in [-0.39, 0.29) is 5.56 Å². The molecule has 0 atom stereocenters. The number of aromatic nitrogens is 2. The van der Waals surface area contributed by atoms with E-state index in [1.165, 1.54) is 6.07 Å². The number of aryl methyl sites for hydroxylation is 1. The molecule has 6 heteroatoms. The Morgan fingerprint density at radius 1 is 1.32 bits per heavy atom. The number of hydrogen-bond acceptors (Lipinski definition) is 2. The number of hydrogen-bond donors (Lipinski definition) is 1. The molecule has 19 heavy (non-hydrogen) atoms. The second-order valence-corrected chi connectivity index (χ2v) is 4.04. The van der Waals surface area contributed by atoms with Crippen LogP contribution in [0.2, 0.25) is 0 Å². The third-order valence-corrected chi connectivity index (χ3v) is 2.62. The van der Waals surface area contributed by atoms with Gasteiger partial charge in [0, 0.05) is 31.0 Å². The van der Waals surface area contributed by atoms with Gasteiger partial charge in [0.15, 0.2) is 11.6 Å². The van der Waals surface area contributed by atoms with E-state index in [0.717, 1.165) is 25.1 Å². The molecule has 0 radical (unpaired) electrons. The monoisotopic (exact) mass is 265 g/mol. The van der Waals surface area contributed by atoms with Gasteiger partial charge in [-0.2, -0.15) is 0 Å². The Balaban J connectivity index is 1.79. The lowest BCUT2D eigenvalue weighted by Crippen LogP contribution is -2.25. The molecule has 1 aromatic carbocycles. The average Bonchev–Trinajstić information content (AvgIpc) is 2.91. The summed E-state index contributed by atoms with van der Waals surface area (Å²) in [6.07, 6.45) is 5.93. The zero-order valence-corrected chi connectivity index (χ0v) is 10.1. The minimum Gasteiger partial charge on any atom is -0.352 e. The van der Waals surface area contributed by atoms with E-state index >= 15 is 0 Å². The fraction of sp³-hybridized carbons (Fsp3) is 0.231. The molecule has 4 nitrogen and oxygen atoms in total. The van der Waals surface area contributed by atoms with Gasteiger partial charge in [0.05, 0.1) is 6.33 Å². The van der Waals surface area contributed by atoms with E-state index in [1.54, 1.807) is 12.5 Å². The van der Waals surface area contributed by atoms with Gasteiger partial charge in [-0.15, -0.1) is 0 Å². The van der Waals surface area contributed by atoms with Gasteiger partial charge in [-0.1, -0.05) is 0 Å². The van der Waals surface area contributed by atoms with Crippen molar-refractivity contribution in [2.24, 2.45) is 0 Å². The predicted molar refractivity (Wildman–Crippen MR) is 65.5 cm³/mol. The number of halogens is 2. The van der Waals surface area contributed by atoms with Crippen LogP contribution in [0.25, 0.3) is 0 Å². The lowest BCUT2D eigenvalue weighted by molar-refractivity contribution is 0.0952. The third kappa shape index (κ3) is 3.61. The SMILES string of the molecule is O=C(NCCCn1ccnc1)c1ccc(F)c(F)c1. The van der Waals surface area contributed by atoms with Gasteiger partial charge < -0.3 is 9.88 Å². The molecule has 0 bridgehead atoms. The van der Waals surface area contributed by atoms with Crippen molar-refractivity contribution in [2.75, 3.05) is 6.54 Å². The minimum absolute atomic E-state index is 0.113. The Kier molecular flexibility index (Phi) is 4.22. The first-order chi connectivity index (χ1) is 9.16. The zero-order chi connectivity index (χ0) is 13.7. The molecule has 0 unspecified atom stereocenters. The number of benzene rings is 1. The molecular weight excluding hydrogens is 252 g/mol. The fourth-order valence-electron chi connectivity index (χ4n) is 1.62. The average molecular weight is 265 g/mol. The predicted octanol–water partition coefficient (Wildman–Crippen LogP) is 1.98. The van der Waals surface area contributed by atoms with Crippen LogP contribution < -0.4 is 5.32 Å². The molecule has 0 aliphatic carbocycles. The number of nitrogens with one attached hydrogen (secondary N) is 1. The maximum Gasteiger partial charge on any atom is 0.251 e. The van der Waals surface area contributed by atoms with E-state index in [1.807, 2.05) is 10.8 Å². The highest BCUT2D eigenvalue weighted by molar-refractivity contribution is 5.94. The van der Waals surface area contributed by atoms with Gasteiger partial charge in [-0.3, -0.25) is 4.79 Å². The molecule has 1 heterocycles. The molecule has 1 aromatic heterocycles. The summed E-state index contributed by atoms with van der Waals surface area (Å²) in [6, 6.07) is 3.08. The van der Waals surface area contributed by atoms with Gasteiger partial charge in [0.2, 0.25) is 0 Å². The second-order valence-electron chi connectivity index (χ2n) is 4.04. The molecule has 0 aliphatic rings. The first-order valence-corrected chi connectivity index (χ1v) is 5.86. The van der Waals surface area contributed by atoms with Crippen molar-refractivity contribution in [1.29, 1.82) is 0 Å². The Morgan fingerprint density at radius 2 is 2.16 bits per heavy atom. The molecule has 2 aromatic rings. The van der Waals surface area contributed by atoms with E-state index in [2.05, 4.69) is 10.3 Å². The summed E-state index contributed by atoms with van der Waals surface area (Å²) in [5.41, 5.74) is 0.113. The number of carbonyl (C=O) groups is 1. The Labute approximate surface area is 109 Å². The van der Waals surface area contributed by atoms with E-state index < -0.39 is 17.5 Å². The van der Waals surface area contributed by atoms with E-state index in [4.69, 9.17) is 0 Å². The second kappa shape index (κ2) is 6.08. The molecule has 0 saturated heterocycles. The summed E-state index contributed by atoms with van der Waals surface area (Å²) < 4.78 is 27.6. The lowest BCUT2D eigenvalue weighted by atomic mass is 10.2. The molecule has 0 spiro atoms. The van der Waals surface area contributed by atoms with Crippen LogP contribution in [-0.4, -0.2) is 22.0 Å². The van der Waals surface area contributed by atoms with E-state index in [0.29, 0.717) is 6.54 Å². The highest BCUT2D eigenvalue weighted by Crippen LogP contribution is 2.08. The lowest BCUT2D eigenvalue weighted by Gasteiger charge is -2.06. The van der Waals surface area contributed by atoms with Gasteiger partial charge in [-0.05, 0) is 24.6 Å². The summed E-state index contributed by atoms with van der Waals surface area (Å²) >= 11 is 0. The number of amides is 1. The quantitative estimate of drug-likeness (QED) is 0.840. The summed E-state index contributed by atoms with van der Waals surface area (Å²) in [7, 11) is 0. The number of nitrogens with zero attached hydrogens (tertiary/aromatic N) is 2. The fourth-order valence-corrected chi connectivity index (χ4v) is 1.62. The molecular formula is C13H13F2N3O. The van der Waals surface area contributed by atoms with Crippen molar-refractivity contribution in [2.45, 2.75) is 13.0 Å². The van der Waals surface area contributed by atoms with Crippen molar-refractivity contribution >= 4 is 5.91 Å². The standard InChI is InChI=1S/C13H13F2N3O/c14-11-3-2-10(8-12(11)15)13(19)17-4-1-6-18-7-5-16-9-18/h2-3,5,7-9H,1,4,6H2,(H,17,19). The third-order valence-electron chi connectivity index (χ3n) is 2.62. The number of rotatable bonds is 5. The van der Waals surface area contributed by atoms with Gasteiger partial charge >= 0.3 is 0 Å². The molecule has 0 aliphatic heterocycles. The van der Waals surface area contributed by atoms with Crippen LogP contribution in [0.4, 0.5) is 8.78 Å². The molecule has 1 amide bonds. The highest BCUT2D eigenvalue weighted by Gasteiger charge is 2.08. The molecule has 100 valence electrons. The topological polar surface area (TPSA) is 46.9 Å². The minimum atomic E-state index is -1.02. The van der Waals surface area contributed by atoms with Crippen molar-refractivity contribution in [3.8, 4) is 0 Å². The Bertz CT molecular complexity index is 555. The van der Waals surface area contributed by atoms with Gasteiger partial charge in [0.1, 0.15) is 0 Å². The maximum absolute atomic E-state index is 12.9. The van der Waals surface area contributed by atoms with Crippen LogP contribution in [0.1, 0.15) is 16.8 Å². The van der Waals surface area contributed by atoms with Gasteiger partial charge in [-0.25, -0.2) is 13.8 Å². The zero-order valence-electron chi connectivity index (χ0n) is 10.1. The van der Waals surface area contributed by atoms with Crippen LogP contribution >= 0.6 is 0 Å². The molecule has 0 saturated carbocycles. The Hall–Kier alpha value is -2.24. The van der Waals surface area contributed by atoms with Crippen LogP contribution in [-0.2, 0) is 6.54 Å². The summed E-state index contributed by atoms with van der Waals surface area (Å²) in [5, 5.41) is 2.65. The van der Waals surface area contributed by atoms with Crippen LogP contribution in [0.15, 0.2) is 36.9 Å².